The molecule has 110 valence electrons. The third kappa shape index (κ3) is 4.60. The maximum Gasteiger partial charge on any atom is 0.244 e. The summed E-state index contributed by atoms with van der Waals surface area (Å²) in [6.45, 7) is 4.83. The molecule has 1 heterocycles. The van der Waals surface area contributed by atoms with E-state index in [0.717, 1.165) is 6.42 Å². The summed E-state index contributed by atoms with van der Waals surface area (Å²) in [6.07, 6.45) is 3.68. The number of aromatic nitrogens is 1. The fourth-order valence-electron chi connectivity index (χ4n) is 1.52. The number of nitrogens with two attached hydrogens (primary N) is 1. The van der Waals surface area contributed by atoms with Crippen LogP contribution in [0.3, 0.4) is 0 Å². The third-order valence-electron chi connectivity index (χ3n) is 2.78. The predicted molar refractivity (Wildman–Crippen MR) is 79.4 cm³/mol. The number of hydrogen-bond acceptors (Lipinski definition) is 4. The third-order valence-corrected chi connectivity index (χ3v) is 4.60. The van der Waals surface area contributed by atoms with E-state index in [2.05, 4.69) is 30.7 Å². The highest BCUT2D eigenvalue weighted by atomic mass is 32.2. The van der Waals surface area contributed by atoms with E-state index in [9.17, 15) is 8.42 Å². The van der Waals surface area contributed by atoms with Crippen molar-refractivity contribution in [3.8, 4) is 11.8 Å². The Labute approximate surface area is 121 Å². The summed E-state index contributed by atoms with van der Waals surface area (Å²) in [5, 5.41) is 0. The molecule has 0 spiro atoms. The van der Waals surface area contributed by atoms with Crippen molar-refractivity contribution >= 4 is 10.0 Å². The van der Waals surface area contributed by atoms with Crippen molar-refractivity contribution in [2.45, 2.75) is 25.2 Å². The monoisotopic (exact) mass is 295 g/mol. The molecule has 6 heteroatoms. The Morgan fingerprint density at radius 1 is 1.40 bits per heavy atom. The average Bonchev–Trinajstić information content (AvgIpc) is 2.42. The highest BCUT2D eigenvalue weighted by molar-refractivity contribution is 7.89. The van der Waals surface area contributed by atoms with Crippen LogP contribution in [0.5, 0.6) is 0 Å². The lowest BCUT2D eigenvalue weighted by Gasteiger charge is -2.18. The number of hydrogen-bond donors (Lipinski definition) is 1. The minimum absolute atomic E-state index is 0.160. The Bertz CT molecular complexity index is 600. The largest absolute Gasteiger partial charge is 0.320 e. The average molecular weight is 295 g/mol. The van der Waals surface area contributed by atoms with Crippen LogP contribution in [0.4, 0.5) is 0 Å². The van der Waals surface area contributed by atoms with Gasteiger partial charge in [0.2, 0.25) is 10.0 Å². The van der Waals surface area contributed by atoms with Crippen molar-refractivity contribution in [3.05, 3.63) is 24.0 Å². The van der Waals surface area contributed by atoms with Gasteiger partial charge in [0, 0.05) is 31.5 Å². The minimum atomic E-state index is -3.51. The first kappa shape index (κ1) is 16.6. The van der Waals surface area contributed by atoms with Gasteiger partial charge in [-0.15, -0.1) is 0 Å². The molecule has 0 aliphatic carbocycles. The second-order valence-electron chi connectivity index (χ2n) is 4.92. The Hall–Kier alpha value is -1.42. The lowest BCUT2D eigenvalue weighted by molar-refractivity contribution is 0.428. The minimum Gasteiger partial charge on any atom is -0.320 e. The fourth-order valence-corrected chi connectivity index (χ4v) is 2.70. The first-order valence-corrected chi connectivity index (χ1v) is 7.92. The number of pyridine rings is 1. The molecular formula is C14H21N3O2S. The molecule has 0 fully saturated rings. The molecule has 0 amide bonds. The Morgan fingerprint density at radius 3 is 2.70 bits per heavy atom. The quantitative estimate of drug-likeness (QED) is 0.824. The van der Waals surface area contributed by atoms with Gasteiger partial charge < -0.3 is 5.73 Å². The van der Waals surface area contributed by atoms with Crippen LogP contribution in [-0.2, 0) is 10.0 Å². The molecule has 0 saturated heterocycles. The molecule has 5 nitrogen and oxygen atoms in total. The van der Waals surface area contributed by atoms with Gasteiger partial charge in [-0.05, 0) is 18.4 Å². The molecule has 0 bridgehead atoms. The lowest BCUT2D eigenvalue weighted by atomic mass is 10.1. The second kappa shape index (κ2) is 7.39. The topological polar surface area (TPSA) is 76.3 Å². The van der Waals surface area contributed by atoms with Gasteiger partial charge >= 0.3 is 0 Å². The normalized spacial score (nSPS) is 11.5. The van der Waals surface area contributed by atoms with Gasteiger partial charge in [-0.25, -0.2) is 12.7 Å². The van der Waals surface area contributed by atoms with E-state index in [1.54, 1.807) is 7.05 Å². The Morgan fingerprint density at radius 2 is 2.10 bits per heavy atom. The Balaban J connectivity index is 2.97. The zero-order valence-electron chi connectivity index (χ0n) is 12.1. The van der Waals surface area contributed by atoms with Crippen molar-refractivity contribution < 1.29 is 8.42 Å². The summed E-state index contributed by atoms with van der Waals surface area (Å²) in [4.78, 5) is 4.09. The molecule has 0 aliphatic heterocycles. The molecule has 1 aromatic rings. The molecular weight excluding hydrogens is 274 g/mol. The highest BCUT2D eigenvalue weighted by Gasteiger charge is 2.21. The number of rotatable bonds is 5. The van der Waals surface area contributed by atoms with E-state index in [4.69, 9.17) is 5.73 Å². The standard InChI is InChI=1S/C14H21N3O2S/c1-12(2)6-8-17(3)20(18,19)14-9-13(5-4-7-15)10-16-11-14/h9-12H,6-8,15H2,1-3H3. The molecule has 0 atom stereocenters. The van der Waals surface area contributed by atoms with E-state index < -0.39 is 10.0 Å². The molecule has 0 aromatic carbocycles. The van der Waals surface area contributed by atoms with Crippen LogP contribution in [0.15, 0.2) is 23.4 Å². The molecule has 20 heavy (non-hydrogen) atoms. The first-order valence-electron chi connectivity index (χ1n) is 6.48. The maximum atomic E-state index is 12.4. The number of nitrogens with zero attached hydrogens (tertiary/aromatic N) is 2. The predicted octanol–water partition coefficient (Wildman–Crippen LogP) is 1.06. The van der Waals surface area contributed by atoms with E-state index in [-0.39, 0.29) is 11.4 Å². The van der Waals surface area contributed by atoms with Crippen LogP contribution in [0.25, 0.3) is 0 Å². The summed E-state index contributed by atoms with van der Waals surface area (Å²) in [5.74, 6) is 5.92. The van der Waals surface area contributed by atoms with Crippen LogP contribution in [0, 0.1) is 17.8 Å². The fraction of sp³-hybridized carbons (Fsp3) is 0.500. The molecule has 2 N–H and O–H groups in total. The van der Waals surface area contributed by atoms with Crippen LogP contribution in [0.2, 0.25) is 0 Å². The summed E-state index contributed by atoms with van der Waals surface area (Å²) in [6, 6.07) is 1.52. The van der Waals surface area contributed by atoms with Gasteiger partial charge in [0.15, 0.2) is 0 Å². The molecule has 0 radical (unpaired) electrons. The van der Waals surface area contributed by atoms with Gasteiger partial charge in [0.25, 0.3) is 0 Å². The van der Waals surface area contributed by atoms with Crippen molar-refractivity contribution in [3.63, 3.8) is 0 Å². The first-order chi connectivity index (χ1) is 9.37. The summed E-state index contributed by atoms with van der Waals surface area (Å²) in [7, 11) is -1.93. The highest BCUT2D eigenvalue weighted by Crippen LogP contribution is 2.15. The molecule has 0 aliphatic rings. The van der Waals surface area contributed by atoms with Crippen LogP contribution in [-0.4, -0.2) is 37.8 Å². The molecule has 0 saturated carbocycles. The van der Waals surface area contributed by atoms with Gasteiger partial charge in [-0.3, -0.25) is 4.98 Å². The van der Waals surface area contributed by atoms with E-state index >= 15 is 0 Å². The van der Waals surface area contributed by atoms with Crippen LogP contribution in [0.1, 0.15) is 25.8 Å². The maximum absolute atomic E-state index is 12.4. The van der Waals surface area contributed by atoms with E-state index in [0.29, 0.717) is 18.0 Å². The lowest BCUT2D eigenvalue weighted by Crippen LogP contribution is -2.28. The summed E-state index contributed by atoms with van der Waals surface area (Å²) < 4.78 is 26.1. The van der Waals surface area contributed by atoms with Crippen molar-refractivity contribution in [2.24, 2.45) is 11.7 Å². The van der Waals surface area contributed by atoms with Gasteiger partial charge in [-0.2, -0.15) is 0 Å². The summed E-state index contributed by atoms with van der Waals surface area (Å²) >= 11 is 0. The zero-order chi connectivity index (χ0) is 15.2. The van der Waals surface area contributed by atoms with Gasteiger partial charge in [0.1, 0.15) is 4.90 Å². The van der Waals surface area contributed by atoms with Crippen molar-refractivity contribution in [1.29, 1.82) is 0 Å². The zero-order valence-corrected chi connectivity index (χ0v) is 12.9. The smallest absolute Gasteiger partial charge is 0.244 e. The molecule has 1 aromatic heterocycles. The van der Waals surface area contributed by atoms with E-state index in [1.807, 2.05) is 0 Å². The SMILES string of the molecule is CC(C)CCN(C)S(=O)(=O)c1cncc(C#CCN)c1. The van der Waals surface area contributed by atoms with Crippen molar-refractivity contribution in [1.82, 2.24) is 9.29 Å². The number of sulfonamides is 1. The van der Waals surface area contributed by atoms with Crippen molar-refractivity contribution in [2.75, 3.05) is 20.1 Å². The summed E-state index contributed by atoms with van der Waals surface area (Å²) in [5.41, 5.74) is 5.85. The van der Waals surface area contributed by atoms with E-state index in [1.165, 1.54) is 22.8 Å². The van der Waals surface area contributed by atoms with Gasteiger partial charge in [0.05, 0.1) is 6.54 Å². The molecule has 0 unspecified atom stereocenters. The molecule has 1 rings (SSSR count). The Kier molecular flexibility index (Phi) is 6.14. The van der Waals surface area contributed by atoms with Crippen LogP contribution >= 0.6 is 0 Å². The van der Waals surface area contributed by atoms with Gasteiger partial charge in [-0.1, -0.05) is 25.7 Å². The van der Waals surface area contributed by atoms with Crippen LogP contribution < -0.4 is 5.73 Å². The second-order valence-corrected chi connectivity index (χ2v) is 6.97.